The van der Waals surface area contributed by atoms with Gasteiger partial charge < -0.3 is 14.7 Å². The first kappa shape index (κ1) is 47.2. The van der Waals surface area contributed by atoms with E-state index in [-0.39, 0.29) is 33.8 Å². The lowest BCUT2D eigenvalue weighted by atomic mass is 9.33. The fourth-order valence-electron chi connectivity index (χ4n) is 13.8. The number of hydrogen-bond acceptors (Lipinski definition) is 3. The summed E-state index contributed by atoms with van der Waals surface area (Å²) in [6.07, 6.45) is 3.42. The number of hydrogen-bond donors (Lipinski definition) is 0. The molecule has 0 unspecified atom stereocenters. The van der Waals surface area contributed by atoms with Gasteiger partial charge in [-0.25, -0.2) is 0 Å². The average Bonchev–Trinajstić information content (AvgIpc) is 3.53. The Morgan fingerprint density at radius 1 is 0.438 bits per heavy atom. The second-order valence-electron chi connectivity index (χ2n) is 25.8. The molecule has 0 bridgehead atoms. The third-order valence-electron chi connectivity index (χ3n) is 17.6. The third kappa shape index (κ3) is 7.52. The first-order valence-corrected chi connectivity index (χ1v) is 27.0. The third-order valence-corrected chi connectivity index (χ3v) is 17.6. The van der Waals surface area contributed by atoms with E-state index in [1.54, 1.807) is 0 Å². The molecule has 0 fully saturated rings. The zero-order valence-corrected chi connectivity index (χ0v) is 45.6. The van der Waals surface area contributed by atoms with Gasteiger partial charge in [-0.15, -0.1) is 0 Å². The van der Waals surface area contributed by atoms with Crippen LogP contribution >= 0.6 is 0 Å². The Hall–Kier alpha value is -6.78. The van der Waals surface area contributed by atoms with E-state index in [4.69, 9.17) is 0 Å². The maximum Gasteiger partial charge on any atom is 0.252 e. The standard InChI is InChI=1S/C69H72BN3/c1-44-35-62-64-63(36-44)73(59-41-55-52(37-45(59)2)68(10,11)43-69(55,12)13)60-39-50(71(48-25-19-15-20-26-48)49-27-21-16-22-28-49)30-31-56(60)70(64)57-40-53-54(67(8,9)34-33-66(53,6)7)42-61(57)72(62)58-32-29-47(65(3,4)5)38-51(58)46-23-17-14-18-24-46/h14-32,35-42H,33-34,43H2,1-13H3. The van der Waals surface area contributed by atoms with Crippen LogP contribution in [0.5, 0.6) is 0 Å². The van der Waals surface area contributed by atoms with E-state index in [0.29, 0.717) is 0 Å². The molecule has 0 aromatic heterocycles. The van der Waals surface area contributed by atoms with Gasteiger partial charge in [0.2, 0.25) is 0 Å². The zero-order chi connectivity index (χ0) is 51.1. The van der Waals surface area contributed by atoms with Gasteiger partial charge in [-0.1, -0.05) is 167 Å². The second kappa shape index (κ2) is 16.4. The van der Waals surface area contributed by atoms with Crippen LogP contribution in [0.4, 0.5) is 51.2 Å². The molecule has 3 nitrogen and oxygen atoms in total. The maximum absolute atomic E-state index is 2.69. The second-order valence-corrected chi connectivity index (χ2v) is 25.8. The first-order valence-electron chi connectivity index (χ1n) is 27.0. The van der Waals surface area contributed by atoms with Gasteiger partial charge in [-0.05, 0) is 194 Å². The Morgan fingerprint density at radius 3 is 1.53 bits per heavy atom. The molecule has 0 atom stereocenters. The van der Waals surface area contributed by atoms with Crippen LogP contribution in [0.25, 0.3) is 11.1 Å². The topological polar surface area (TPSA) is 9.72 Å². The minimum Gasteiger partial charge on any atom is -0.311 e. The summed E-state index contributed by atoms with van der Waals surface area (Å²) in [6.45, 7) is 31.4. The molecule has 2 heterocycles. The average molecular weight is 954 g/mol. The van der Waals surface area contributed by atoms with Gasteiger partial charge in [-0.3, -0.25) is 0 Å². The quantitative estimate of drug-likeness (QED) is 0.154. The van der Waals surface area contributed by atoms with Gasteiger partial charge in [-0.2, -0.15) is 0 Å². The van der Waals surface area contributed by atoms with Crippen molar-refractivity contribution in [3.63, 3.8) is 0 Å². The summed E-state index contributed by atoms with van der Waals surface area (Å²) in [5.41, 5.74) is 27.4. The van der Waals surface area contributed by atoms with E-state index in [2.05, 4.69) is 269 Å². The smallest absolute Gasteiger partial charge is 0.252 e. The minimum absolute atomic E-state index is 0.0178. The SMILES string of the molecule is Cc1cc2c3c(c1)N(c1ccc(C(C)(C)C)cc1-c1ccccc1)c1cc4c(cc1B3c1ccc(N(c3ccccc3)c3ccccc3)cc1N2c1cc2c(cc1C)C(C)(C)CC2(C)C)C(C)(C)CCC4(C)C. The molecule has 0 saturated carbocycles. The highest BCUT2D eigenvalue weighted by Gasteiger charge is 2.48. The van der Waals surface area contributed by atoms with Crippen LogP contribution in [-0.4, -0.2) is 6.71 Å². The summed E-state index contributed by atoms with van der Waals surface area (Å²) in [7, 11) is 0. The van der Waals surface area contributed by atoms with Crippen molar-refractivity contribution in [2.75, 3.05) is 14.7 Å². The summed E-state index contributed by atoms with van der Waals surface area (Å²) in [6, 6.07) is 63.1. The van der Waals surface area contributed by atoms with Crippen LogP contribution in [0, 0.1) is 13.8 Å². The van der Waals surface area contributed by atoms with E-state index in [0.717, 1.165) is 36.3 Å². The lowest BCUT2D eigenvalue weighted by Crippen LogP contribution is -2.62. The largest absolute Gasteiger partial charge is 0.311 e. The van der Waals surface area contributed by atoms with Crippen molar-refractivity contribution in [1.82, 2.24) is 0 Å². The Bertz CT molecular complexity index is 3460. The highest BCUT2D eigenvalue weighted by atomic mass is 15.2. The monoisotopic (exact) mass is 954 g/mol. The summed E-state index contributed by atoms with van der Waals surface area (Å²) < 4.78 is 0. The molecule has 2 aliphatic heterocycles. The van der Waals surface area contributed by atoms with Crippen molar-refractivity contribution in [2.24, 2.45) is 0 Å². The molecule has 73 heavy (non-hydrogen) atoms. The van der Waals surface area contributed by atoms with Gasteiger partial charge in [0, 0.05) is 51.1 Å². The fourth-order valence-corrected chi connectivity index (χ4v) is 13.8. The number of rotatable bonds is 6. The molecule has 0 saturated heterocycles. The van der Waals surface area contributed by atoms with Gasteiger partial charge >= 0.3 is 0 Å². The molecule has 366 valence electrons. The lowest BCUT2D eigenvalue weighted by molar-refractivity contribution is 0.332. The highest BCUT2D eigenvalue weighted by Crippen LogP contribution is 2.55. The minimum atomic E-state index is -0.0265. The molecule has 2 aliphatic carbocycles. The molecule has 0 radical (unpaired) electrons. The van der Waals surface area contributed by atoms with Crippen molar-refractivity contribution in [2.45, 2.75) is 136 Å². The molecule has 8 aromatic rings. The van der Waals surface area contributed by atoms with Gasteiger partial charge in [0.15, 0.2) is 0 Å². The molecular weight excluding hydrogens is 882 g/mol. The number of benzene rings is 8. The summed E-state index contributed by atoms with van der Waals surface area (Å²) in [4.78, 5) is 7.80. The predicted octanol–water partition coefficient (Wildman–Crippen LogP) is 17.1. The molecule has 0 amide bonds. The van der Waals surface area contributed by atoms with Crippen molar-refractivity contribution < 1.29 is 0 Å². The molecule has 12 rings (SSSR count). The number of aryl methyl sites for hydroxylation is 2. The normalized spacial score (nSPS) is 17.3. The molecule has 0 N–H and O–H groups in total. The molecule has 8 aromatic carbocycles. The molecule has 4 heteroatoms. The van der Waals surface area contributed by atoms with Gasteiger partial charge in [0.05, 0.1) is 5.69 Å². The van der Waals surface area contributed by atoms with E-state index >= 15 is 0 Å². The van der Waals surface area contributed by atoms with Crippen LogP contribution in [0.1, 0.15) is 134 Å². The van der Waals surface area contributed by atoms with E-state index in [1.807, 2.05) is 0 Å². The number of anilines is 9. The maximum atomic E-state index is 2.69. The summed E-state index contributed by atoms with van der Waals surface area (Å²) in [5.74, 6) is 0. The Balaban J connectivity index is 1.21. The van der Waals surface area contributed by atoms with Crippen molar-refractivity contribution in [3.05, 3.63) is 203 Å². The van der Waals surface area contributed by atoms with Crippen LogP contribution in [0.15, 0.2) is 164 Å². The highest BCUT2D eigenvalue weighted by molar-refractivity contribution is 7.00. The number of para-hydroxylation sites is 2. The fraction of sp³-hybridized carbons (Fsp3) is 0.304. The van der Waals surface area contributed by atoms with Crippen molar-refractivity contribution in [1.29, 1.82) is 0 Å². The summed E-state index contributed by atoms with van der Waals surface area (Å²) in [5, 5.41) is 0. The number of fused-ring (bicyclic) bond motifs is 6. The van der Waals surface area contributed by atoms with Crippen molar-refractivity contribution in [3.8, 4) is 11.1 Å². The zero-order valence-electron chi connectivity index (χ0n) is 45.6. The van der Waals surface area contributed by atoms with Crippen LogP contribution in [0.3, 0.4) is 0 Å². The summed E-state index contributed by atoms with van der Waals surface area (Å²) >= 11 is 0. The predicted molar refractivity (Wildman–Crippen MR) is 315 cm³/mol. The van der Waals surface area contributed by atoms with Crippen LogP contribution in [0.2, 0.25) is 0 Å². The lowest BCUT2D eigenvalue weighted by Gasteiger charge is -2.48. The van der Waals surface area contributed by atoms with Crippen LogP contribution in [-0.2, 0) is 27.1 Å². The van der Waals surface area contributed by atoms with Gasteiger partial charge in [0.1, 0.15) is 0 Å². The van der Waals surface area contributed by atoms with E-state index in [9.17, 15) is 0 Å². The Labute approximate surface area is 437 Å². The van der Waals surface area contributed by atoms with Crippen molar-refractivity contribution >= 4 is 74.3 Å². The number of nitrogens with zero attached hydrogens (tertiary/aromatic N) is 3. The van der Waals surface area contributed by atoms with E-state index < -0.39 is 0 Å². The Kier molecular flexibility index (Phi) is 10.6. The first-order chi connectivity index (χ1) is 34.6. The molecule has 0 spiro atoms. The van der Waals surface area contributed by atoms with E-state index in [1.165, 1.54) is 101 Å². The van der Waals surface area contributed by atoms with Crippen LogP contribution < -0.4 is 31.1 Å². The molecular formula is C69H72BN3. The molecule has 4 aliphatic rings. The Morgan fingerprint density at radius 2 is 0.945 bits per heavy atom. The van der Waals surface area contributed by atoms with Gasteiger partial charge in [0.25, 0.3) is 6.71 Å².